The number of carbonyl (C=O) groups is 2. The zero-order valence-electron chi connectivity index (χ0n) is 11.4. The molecular formula is C15H22N2O2. The Hall–Kier alpha value is -1.06. The highest BCUT2D eigenvalue weighted by molar-refractivity contribution is 5.89. The lowest BCUT2D eigenvalue weighted by atomic mass is 9.70. The topological polar surface area (TPSA) is 40.6 Å². The lowest BCUT2D eigenvalue weighted by Gasteiger charge is -2.55. The summed E-state index contributed by atoms with van der Waals surface area (Å²) in [6.07, 6.45) is 7.48. The Morgan fingerprint density at radius 1 is 0.737 bits per heavy atom. The summed E-state index contributed by atoms with van der Waals surface area (Å²) in [7, 11) is 0. The van der Waals surface area contributed by atoms with Crippen molar-refractivity contribution in [2.75, 3.05) is 13.1 Å². The molecule has 4 nitrogen and oxygen atoms in total. The number of piperidine rings is 4. The molecule has 0 unspecified atom stereocenters. The molecule has 4 heteroatoms. The molecule has 0 saturated carbocycles. The average molecular weight is 262 g/mol. The van der Waals surface area contributed by atoms with Gasteiger partial charge in [-0.05, 0) is 44.9 Å². The molecule has 4 saturated heterocycles. The first kappa shape index (κ1) is 11.7. The number of carbonyl (C=O) groups excluding carboxylic acids is 2. The lowest BCUT2D eigenvalue weighted by Crippen LogP contribution is -2.67. The Labute approximate surface area is 114 Å². The average Bonchev–Trinajstić information content (AvgIpc) is 2.47. The van der Waals surface area contributed by atoms with Crippen molar-refractivity contribution in [3.05, 3.63) is 0 Å². The third-order valence-corrected chi connectivity index (χ3v) is 5.74. The molecule has 0 radical (unpaired) electrons. The Kier molecular flexibility index (Phi) is 2.61. The first-order valence-electron chi connectivity index (χ1n) is 7.88. The van der Waals surface area contributed by atoms with Gasteiger partial charge in [-0.25, -0.2) is 0 Å². The first-order chi connectivity index (χ1) is 9.27. The van der Waals surface area contributed by atoms with E-state index in [4.69, 9.17) is 0 Å². The van der Waals surface area contributed by atoms with E-state index in [-0.39, 0.29) is 23.9 Å². The van der Waals surface area contributed by atoms with Gasteiger partial charge in [0.25, 0.3) is 0 Å². The zero-order chi connectivity index (χ0) is 13.0. The number of nitrogens with zero attached hydrogens (tertiary/aromatic N) is 2. The summed E-state index contributed by atoms with van der Waals surface area (Å²) in [5.74, 6) is 0.922. The molecule has 4 aliphatic rings. The summed E-state index contributed by atoms with van der Waals surface area (Å²) in [5, 5.41) is 0. The van der Waals surface area contributed by atoms with Gasteiger partial charge in [-0.15, -0.1) is 0 Å². The fourth-order valence-electron chi connectivity index (χ4n) is 4.84. The van der Waals surface area contributed by atoms with E-state index in [1.807, 2.05) is 0 Å². The van der Waals surface area contributed by atoms with Gasteiger partial charge in [0.15, 0.2) is 0 Å². The van der Waals surface area contributed by atoms with E-state index in [2.05, 4.69) is 9.80 Å². The second-order valence-electron chi connectivity index (χ2n) is 6.64. The van der Waals surface area contributed by atoms with Crippen LogP contribution in [0.15, 0.2) is 0 Å². The van der Waals surface area contributed by atoms with Crippen LogP contribution < -0.4 is 0 Å². The summed E-state index contributed by atoms with van der Waals surface area (Å²) < 4.78 is 0. The molecule has 0 spiro atoms. The largest absolute Gasteiger partial charge is 0.339 e. The van der Waals surface area contributed by atoms with Crippen molar-refractivity contribution in [3.63, 3.8) is 0 Å². The quantitative estimate of drug-likeness (QED) is 0.662. The first-order valence-corrected chi connectivity index (χ1v) is 7.88. The number of fused-ring (bicyclic) bond motifs is 6. The monoisotopic (exact) mass is 262 g/mol. The van der Waals surface area contributed by atoms with Gasteiger partial charge >= 0.3 is 0 Å². The van der Waals surface area contributed by atoms with Crippen LogP contribution in [0.1, 0.15) is 44.9 Å². The van der Waals surface area contributed by atoms with E-state index in [1.54, 1.807) is 0 Å². The van der Waals surface area contributed by atoms with Crippen molar-refractivity contribution in [2.45, 2.75) is 57.0 Å². The third-order valence-electron chi connectivity index (χ3n) is 5.74. The van der Waals surface area contributed by atoms with Gasteiger partial charge in [0.1, 0.15) is 0 Å². The summed E-state index contributed by atoms with van der Waals surface area (Å²) in [6.45, 7) is 1.77. The lowest BCUT2D eigenvalue weighted by molar-refractivity contribution is -0.170. The standard InChI is InChI=1S/C15H22N2O2/c18-14-10-9-11(13-6-2-4-8-17(13)14)15(19)16-7-3-1-5-12(10)16/h10-13H,1-9H2/t10-,11-,12-,13-/m0/s1. The second-order valence-corrected chi connectivity index (χ2v) is 6.64. The predicted molar refractivity (Wildman–Crippen MR) is 70.3 cm³/mol. The van der Waals surface area contributed by atoms with Crippen LogP contribution in [0.25, 0.3) is 0 Å². The van der Waals surface area contributed by atoms with E-state index in [0.29, 0.717) is 11.8 Å². The molecule has 19 heavy (non-hydrogen) atoms. The van der Waals surface area contributed by atoms with Crippen molar-refractivity contribution in [3.8, 4) is 0 Å². The maximum atomic E-state index is 12.7. The van der Waals surface area contributed by atoms with Crippen LogP contribution in [0.2, 0.25) is 0 Å². The molecule has 104 valence electrons. The second kappa shape index (κ2) is 4.22. The molecule has 0 aromatic heterocycles. The van der Waals surface area contributed by atoms with Crippen molar-refractivity contribution >= 4 is 11.8 Å². The highest BCUT2D eigenvalue weighted by atomic mass is 16.2. The molecular weight excluding hydrogens is 240 g/mol. The summed E-state index contributed by atoms with van der Waals surface area (Å²) in [5.41, 5.74) is 0. The fraction of sp³-hybridized carbons (Fsp3) is 0.867. The van der Waals surface area contributed by atoms with E-state index < -0.39 is 0 Å². The normalized spacial score (nSPS) is 41.9. The molecule has 2 bridgehead atoms. The molecule has 4 heterocycles. The maximum absolute atomic E-state index is 12.7. The van der Waals surface area contributed by atoms with E-state index in [0.717, 1.165) is 45.2 Å². The fourth-order valence-corrected chi connectivity index (χ4v) is 4.84. The minimum Gasteiger partial charge on any atom is -0.339 e. The molecule has 4 aliphatic heterocycles. The zero-order valence-corrected chi connectivity index (χ0v) is 11.4. The molecule has 0 N–H and O–H groups in total. The van der Waals surface area contributed by atoms with E-state index >= 15 is 0 Å². The van der Waals surface area contributed by atoms with Crippen LogP contribution in [0.4, 0.5) is 0 Å². The Morgan fingerprint density at radius 2 is 1.21 bits per heavy atom. The van der Waals surface area contributed by atoms with Crippen molar-refractivity contribution < 1.29 is 9.59 Å². The van der Waals surface area contributed by atoms with Crippen molar-refractivity contribution in [2.24, 2.45) is 11.8 Å². The Balaban J connectivity index is 1.70. The van der Waals surface area contributed by atoms with E-state index in [1.165, 1.54) is 12.8 Å². The van der Waals surface area contributed by atoms with Crippen LogP contribution in [-0.4, -0.2) is 46.8 Å². The highest BCUT2D eigenvalue weighted by Gasteiger charge is 2.54. The number of hydrogen-bond donors (Lipinski definition) is 0. The van der Waals surface area contributed by atoms with Gasteiger partial charge in [0.05, 0.1) is 11.8 Å². The van der Waals surface area contributed by atoms with Crippen LogP contribution >= 0.6 is 0 Å². The van der Waals surface area contributed by atoms with Crippen molar-refractivity contribution in [1.29, 1.82) is 0 Å². The van der Waals surface area contributed by atoms with Gasteiger partial charge < -0.3 is 9.80 Å². The Bertz CT molecular complexity index is 384. The molecule has 4 fully saturated rings. The molecule has 0 aliphatic carbocycles. The minimum absolute atomic E-state index is 0.109. The maximum Gasteiger partial charge on any atom is 0.228 e. The molecule has 2 amide bonds. The van der Waals surface area contributed by atoms with Crippen LogP contribution in [0.3, 0.4) is 0 Å². The molecule has 4 atom stereocenters. The van der Waals surface area contributed by atoms with Crippen molar-refractivity contribution in [1.82, 2.24) is 9.80 Å². The molecule has 4 rings (SSSR count). The highest BCUT2D eigenvalue weighted by Crippen LogP contribution is 2.43. The molecule has 0 aromatic rings. The van der Waals surface area contributed by atoms with Gasteiger partial charge in [-0.1, -0.05) is 0 Å². The number of rotatable bonds is 0. The van der Waals surface area contributed by atoms with E-state index in [9.17, 15) is 9.59 Å². The SMILES string of the molecule is O=C1[C@H]2C[C@H](C(=O)N3CCCC[C@@H]23)[C@@H]2CCCCN12. The summed E-state index contributed by atoms with van der Waals surface area (Å²) in [6, 6.07) is 0.431. The summed E-state index contributed by atoms with van der Waals surface area (Å²) >= 11 is 0. The van der Waals surface area contributed by atoms with Gasteiger partial charge in [0.2, 0.25) is 11.8 Å². The van der Waals surface area contributed by atoms with Gasteiger partial charge in [-0.2, -0.15) is 0 Å². The van der Waals surface area contributed by atoms with Crippen LogP contribution in [0, 0.1) is 11.8 Å². The Morgan fingerprint density at radius 3 is 1.68 bits per heavy atom. The van der Waals surface area contributed by atoms with Crippen LogP contribution in [0.5, 0.6) is 0 Å². The number of hydrogen-bond acceptors (Lipinski definition) is 2. The van der Waals surface area contributed by atoms with Gasteiger partial charge in [0, 0.05) is 25.2 Å². The number of amides is 2. The third kappa shape index (κ3) is 1.58. The summed E-state index contributed by atoms with van der Waals surface area (Å²) in [4.78, 5) is 29.6. The minimum atomic E-state index is 0.109. The molecule has 0 aromatic carbocycles. The van der Waals surface area contributed by atoms with Crippen LogP contribution in [-0.2, 0) is 9.59 Å². The smallest absolute Gasteiger partial charge is 0.228 e. The van der Waals surface area contributed by atoms with Gasteiger partial charge in [-0.3, -0.25) is 9.59 Å². The predicted octanol–water partition coefficient (Wildman–Crippen LogP) is 1.40.